The first-order valence-electron chi connectivity index (χ1n) is 11.9. The number of carbonyl (C=O) groups is 1. The van der Waals surface area contributed by atoms with Crippen LogP contribution >= 0.6 is 0 Å². The summed E-state index contributed by atoms with van der Waals surface area (Å²) in [5, 5.41) is 0. The number of nitrogens with zero attached hydrogens (tertiary/aromatic N) is 1. The van der Waals surface area contributed by atoms with E-state index in [-0.39, 0.29) is 11.8 Å². The molecule has 0 atom stereocenters. The van der Waals surface area contributed by atoms with Crippen molar-refractivity contribution in [1.29, 1.82) is 0 Å². The van der Waals surface area contributed by atoms with Gasteiger partial charge in [-0.3, -0.25) is 4.79 Å². The van der Waals surface area contributed by atoms with Crippen LogP contribution in [-0.4, -0.2) is 30.4 Å². The first-order chi connectivity index (χ1) is 15.7. The van der Waals surface area contributed by atoms with Gasteiger partial charge in [0.25, 0.3) is 5.91 Å². The smallest absolute Gasteiger partial charge is 0.253 e. The highest BCUT2D eigenvalue weighted by molar-refractivity contribution is 5.94. The van der Waals surface area contributed by atoms with Crippen LogP contribution in [0.5, 0.6) is 0 Å². The van der Waals surface area contributed by atoms with Crippen LogP contribution in [0.15, 0.2) is 91.0 Å². The van der Waals surface area contributed by atoms with Crippen LogP contribution in [0, 0.1) is 11.8 Å². The van der Waals surface area contributed by atoms with Gasteiger partial charge in [0.05, 0.1) is 0 Å². The summed E-state index contributed by atoms with van der Waals surface area (Å²) in [5.41, 5.74) is 9.16. The minimum absolute atomic E-state index is 0.128. The molecule has 3 heteroatoms. The molecule has 1 fully saturated rings. The van der Waals surface area contributed by atoms with Gasteiger partial charge >= 0.3 is 0 Å². The fourth-order valence-electron chi connectivity index (χ4n) is 4.96. The second-order valence-corrected chi connectivity index (χ2v) is 9.07. The Balaban J connectivity index is 1.61. The molecule has 0 bridgehead atoms. The fraction of sp³-hybridized carbons (Fsp3) is 0.345. The molecule has 2 N–H and O–H groups in total. The molecule has 0 spiro atoms. The Morgan fingerprint density at radius 3 is 1.72 bits per heavy atom. The second-order valence-electron chi connectivity index (χ2n) is 9.07. The van der Waals surface area contributed by atoms with Gasteiger partial charge in [-0.15, -0.1) is 0 Å². The first kappa shape index (κ1) is 22.3. The molecular weight excluding hydrogens is 392 g/mol. The van der Waals surface area contributed by atoms with E-state index in [2.05, 4.69) is 53.4 Å². The van der Waals surface area contributed by atoms with Crippen molar-refractivity contribution in [3.63, 3.8) is 0 Å². The van der Waals surface area contributed by atoms with E-state index in [1.54, 1.807) is 0 Å². The van der Waals surface area contributed by atoms with E-state index in [1.165, 1.54) is 24.0 Å². The average molecular weight is 427 g/mol. The van der Waals surface area contributed by atoms with E-state index < -0.39 is 0 Å². The summed E-state index contributed by atoms with van der Waals surface area (Å²) in [7, 11) is 0. The monoisotopic (exact) mass is 426 g/mol. The number of rotatable bonds is 8. The zero-order chi connectivity index (χ0) is 22.2. The third-order valence-corrected chi connectivity index (χ3v) is 6.89. The van der Waals surface area contributed by atoms with Crippen molar-refractivity contribution in [1.82, 2.24) is 4.90 Å². The molecule has 0 aromatic heterocycles. The lowest BCUT2D eigenvalue weighted by Crippen LogP contribution is -2.39. The minimum atomic E-state index is 0.128. The van der Waals surface area contributed by atoms with E-state index in [0.29, 0.717) is 18.4 Å². The molecule has 166 valence electrons. The third kappa shape index (κ3) is 5.66. The van der Waals surface area contributed by atoms with E-state index in [1.807, 2.05) is 42.5 Å². The Morgan fingerprint density at radius 1 is 0.750 bits per heavy atom. The summed E-state index contributed by atoms with van der Waals surface area (Å²) >= 11 is 0. The van der Waals surface area contributed by atoms with Crippen LogP contribution in [0.3, 0.4) is 0 Å². The Kier molecular flexibility index (Phi) is 7.73. The molecule has 3 aromatic rings. The Labute approximate surface area is 192 Å². The van der Waals surface area contributed by atoms with Crippen molar-refractivity contribution in [3.8, 4) is 0 Å². The molecule has 0 heterocycles. The Morgan fingerprint density at radius 2 is 1.22 bits per heavy atom. The normalized spacial score (nSPS) is 18.4. The summed E-state index contributed by atoms with van der Waals surface area (Å²) in [6.07, 6.45) is 4.66. The lowest BCUT2D eigenvalue weighted by molar-refractivity contribution is 0.0700. The van der Waals surface area contributed by atoms with Gasteiger partial charge in [0.15, 0.2) is 0 Å². The fourth-order valence-corrected chi connectivity index (χ4v) is 4.96. The van der Waals surface area contributed by atoms with Crippen LogP contribution in [-0.2, 0) is 0 Å². The van der Waals surface area contributed by atoms with Gasteiger partial charge in [0.1, 0.15) is 0 Å². The van der Waals surface area contributed by atoms with Crippen LogP contribution in [0.4, 0.5) is 0 Å². The van der Waals surface area contributed by atoms with Gasteiger partial charge in [-0.25, -0.2) is 0 Å². The predicted octanol–water partition coefficient (Wildman–Crippen LogP) is 5.73. The lowest BCUT2D eigenvalue weighted by atomic mass is 9.81. The lowest BCUT2D eigenvalue weighted by Gasteiger charge is -2.34. The van der Waals surface area contributed by atoms with Crippen LogP contribution in [0.1, 0.15) is 53.1 Å². The summed E-state index contributed by atoms with van der Waals surface area (Å²) in [6, 6.07) is 30.9. The van der Waals surface area contributed by atoms with Crippen LogP contribution in [0.25, 0.3) is 0 Å². The van der Waals surface area contributed by atoms with E-state index >= 15 is 0 Å². The molecule has 1 aliphatic rings. The summed E-state index contributed by atoms with van der Waals surface area (Å²) in [5.74, 6) is 1.46. The van der Waals surface area contributed by atoms with Gasteiger partial charge in [-0.2, -0.15) is 0 Å². The van der Waals surface area contributed by atoms with Crippen molar-refractivity contribution in [3.05, 3.63) is 108 Å². The number of amides is 1. The molecule has 4 rings (SSSR count). The quantitative estimate of drug-likeness (QED) is 0.500. The second kappa shape index (κ2) is 11.1. The Bertz CT molecular complexity index is 911. The number of nitrogens with two attached hydrogens (primary N) is 1. The highest BCUT2D eigenvalue weighted by Gasteiger charge is 2.27. The maximum Gasteiger partial charge on any atom is 0.253 e. The molecule has 1 aliphatic carbocycles. The highest BCUT2D eigenvalue weighted by Crippen LogP contribution is 2.31. The van der Waals surface area contributed by atoms with Crippen molar-refractivity contribution in [2.24, 2.45) is 17.6 Å². The van der Waals surface area contributed by atoms with Gasteiger partial charge < -0.3 is 10.6 Å². The minimum Gasteiger partial charge on any atom is -0.337 e. The summed E-state index contributed by atoms with van der Waals surface area (Å²) < 4.78 is 0. The van der Waals surface area contributed by atoms with E-state index in [4.69, 9.17) is 5.73 Å². The molecule has 0 radical (unpaired) electrons. The number of benzene rings is 3. The van der Waals surface area contributed by atoms with E-state index in [9.17, 15) is 4.79 Å². The van der Waals surface area contributed by atoms with Crippen molar-refractivity contribution in [2.75, 3.05) is 19.6 Å². The van der Waals surface area contributed by atoms with Crippen LogP contribution in [0.2, 0.25) is 0 Å². The molecule has 32 heavy (non-hydrogen) atoms. The zero-order valence-electron chi connectivity index (χ0n) is 18.8. The van der Waals surface area contributed by atoms with Crippen LogP contribution < -0.4 is 5.73 Å². The van der Waals surface area contributed by atoms with Gasteiger partial charge in [0.2, 0.25) is 0 Å². The van der Waals surface area contributed by atoms with Gasteiger partial charge in [0, 0.05) is 24.6 Å². The number of hydrogen-bond acceptors (Lipinski definition) is 2. The topological polar surface area (TPSA) is 46.3 Å². The molecule has 0 aliphatic heterocycles. The largest absolute Gasteiger partial charge is 0.337 e. The molecule has 1 saturated carbocycles. The predicted molar refractivity (Wildman–Crippen MR) is 132 cm³/mol. The Hall–Kier alpha value is -2.91. The number of carbonyl (C=O) groups excluding carboxylic acids is 1. The maximum atomic E-state index is 13.6. The standard InChI is InChI=1S/C29H34N2O/c30-20-23-16-18-24(19-17-23)21-31(29(32)27-14-8-3-9-15-27)22-28(25-10-4-1-5-11-25)26-12-6-2-7-13-26/h1-15,23-24,28H,16-22,30H2. The molecule has 3 nitrogen and oxygen atoms in total. The summed E-state index contributed by atoms with van der Waals surface area (Å²) in [4.78, 5) is 15.7. The highest BCUT2D eigenvalue weighted by atomic mass is 16.2. The van der Waals surface area contributed by atoms with Gasteiger partial charge in [-0.05, 0) is 67.3 Å². The zero-order valence-corrected chi connectivity index (χ0v) is 18.8. The number of hydrogen-bond donors (Lipinski definition) is 1. The molecule has 0 saturated heterocycles. The van der Waals surface area contributed by atoms with Crippen molar-refractivity contribution >= 4 is 5.91 Å². The van der Waals surface area contributed by atoms with Gasteiger partial charge in [-0.1, -0.05) is 78.9 Å². The molecule has 0 unspecified atom stereocenters. The SMILES string of the molecule is NCC1CCC(CN(CC(c2ccccc2)c2ccccc2)C(=O)c2ccccc2)CC1. The average Bonchev–Trinajstić information content (AvgIpc) is 2.88. The first-order valence-corrected chi connectivity index (χ1v) is 11.9. The molecule has 3 aromatic carbocycles. The third-order valence-electron chi connectivity index (χ3n) is 6.89. The molecular formula is C29H34N2O. The van der Waals surface area contributed by atoms with E-state index in [0.717, 1.165) is 31.5 Å². The van der Waals surface area contributed by atoms with Crippen molar-refractivity contribution < 1.29 is 4.79 Å². The molecule has 1 amide bonds. The maximum absolute atomic E-state index is 13.6. The summed E-state index contributed by atoms with van der Waals surface area (Å²) in [6.45, 7) is 2.27. The van der Waals surface area contributed by atoms with Crippen molar-refractivity contribution in [2.45, 2.75) is 31.6 Å².